The van der Waals surface area contributed by atoms with Gasteiger partial charge in [0.1, 0.15) is 11.6 Å². The molecule has 0 aromatic heterocycles. The van der Waals surface area contributed by atoms with Crippen molar-refractivity contribution in [3.05, 3.63) is 65.2 Å². The summed E-state index contributed by atoms with van der Waals surface area (Å²) in [4.78, 5) is 13.6. The number of halogens is 2. The standard InChI is InChI=1S/C30H40F2N4O4S/c31-21-10-6-19(7-11-21)28(20-8-13-24(37)14-9-20)29(33)30(38)35-27-5-1-4-26(32)25(27)15-12-23-17-34-22-3-2-16-41(39,40)36(23)18-22/h1,4-7,10-11,20,22-24,28-29,34,37H,2-3,8-9,12-18,33H2,(H,35,38). The van der Waals surface area contributed by atoms with Gasteiger partial charge in [0.05, 0.1) is 17.9 Å². The third kappa shape index (κ3) is 6.97. The largest absolute Gasteiger partial charge is 0.393 e. The molecule has 41 heavy (non-hydrogen) atoms. The summed E-state index contributed by atoms with van der Waals surface area (Å²) in [6.07, 6.45) is 4.27. The van der Waals surface area contributed by atoms with Crippen LogP contribution in [0.4, 0.5) is 14.5 Å². The molecule has 2 aliphatic heterocycles. The van der Waals surface area contributed by atoms with E-state index in [4.69, 9.17) is 5.73 Å². The van der Waals surface area contributed by atoms with Crippen molar-refractivity contribution in [2.75, 3.05) is 24.2 Å². The lowest BCUT2D eigenvalue weighted by Crippen LogP contribution is -2.57. The lowest BCUT2D eigenvalue weighted by atomic mass is 9.72. The van der Waals surface area contributed by atoms with Crippen molar-refractivity contribution < 1.29 is 27.1 Å². The molecular formula is C30H40F2N4O4S. The molecule has 1 amide bonds. The average Bonchev–Trinajstić information content (AvgIpc) is 3.06. The molecule has 2 aromatic rings. The van der Waals surface area contributed by atoms with E-state index < -0.39 is 33.7 Å². The van der Waals surface area contributed by atoms with Gasteiger partial charge in [-0.2, -0.15) is 4.31 Å². The van der Waals surface area contributed by atoms with Crippen LogP contribution in [-0.4, -0.2) is 66.8 Å². The molecule has 5 rings (SSSR count). The van der Waals surface area contributed by atoms with Crippen molar-refractivity contribution in [1.29, 1.82) is 0 Å². The maximum Gasteiger partial charge on any atom is 0.241 e. The number of sulfonamides is 1. The fourth-order valence-electron chi connectivity index (χ4n) is 6.78. The summed E-state index contributed by atoms with van der Waals surface area (Å²) in [5.74, 6) is -1.60. The summed E-state index contributed by atoms with van der Waals surface area (Å²) in [6.45, 7) is 0.923. The highest BCUT2D eigenvalue weighted by molar-refractivity contribution is 7.89. The average molecular weight is 591 g/mol. The van der Waals surface area contributed by atoms with Gasteiger partial charge in [-0.05, 0) is 87.1 Å². The summed E-state index contributed by atoms with van der Waals surface area (Å²) >= 11 is 0. The number of carbonyl (C=O) groups excluding carboxylic acids is 1. The van der Waals surface area contributed by atoms with E-state index in [1.807, 2.05) is 0 Å². The van der Waals surface area contributed by atoms with E-state index in [2.05, 4.69) is 10.6 Å². The van der Waals surface area contributed by atoms with Crippen LogP contribution in [0.5, 0.6) is 0 Å². The highest BCUT2D eigenvalue weighted by atomic mass is 32.2. The first-order valence-corrected chi connectivity index (χ1v) is 16.2. The molecule has 1 saturated carbocycles. The summed E-state index contributed by atoms with van der Waals surface area (Å²) in [5, 5.41) is 16.3. The minimum atomic E-state index is -3.37. The Labute approximate surface area is 240 Å². The van der Waals surface area contributed by atoms with Crippen LogP contribution >= 0.6 is 0 Å². The molecule has 5 atom stereocenters. The maximum absolute atomic E-state index is 15.1. The number of benzene rings is 2. The zero-order valence-electron chi connectivity index (χ0n) is 23.1. The first-order chi connectivity index (χ1) is 19.6. The molecule has 8 nitrogen and oxygen atoms in total. The number of anilines is 1. The Balaban J connectivity index is 1.32. The molecule has 11 heteroatoms. The van der Waals surface area contributed by atoms with E-state index in [9.17, 15) is 22.7 Å². The number of aliphatic hydroxyl groups is 1. The van der Waals surface area contributed by atoms with Crippen molar-refractivity contribution in [2.24, 2.45) is 11.7 Å². The molecule has 5 unspecified atom stereocenters. The number of rotatable bonds is 8. The van der Waals surface area contributed by atoms with Gasteiger partial charge < -0.3 is 21.5 Å². The van der Waals surface area contributed by atoms with Gasteiger partial charge in [0, 0.05) is 42.3 Å². The molecule has 2 saturated heterocycles. The summed E-state index contributed by atoms with van der Waals surface area (Å²) in [7, 11) is -3.37. The zero-order valence-corrected chi connectivity index (χ0v) is 24.0. The van der Waals surface area contributed by atoms with E-state index in [0.717, 1.165) is 12.0 Å². The van der Waals surface area contributed by atoms with Crippen molar-refractivity contribution in [3.8, 4) is 0 Å². The van der Waals surface area contributed by atoms with Crippen LogP contribution in [0.15, 0.2) is 42.5 Å². The van der Waals surface area contributed by atoms with Gasteiger partial charge in [-0.3, -0.25) is 4.79 Å². The SMILES string of the molecule is NC(C(=O)Nc1cccc(F)c1CCC1CNC2CCCS(=O)(=O)N1C2)C(c1ccc(F)cc1)C1CCC(O)CC1. The maximum atomic E-state index is 15.1. The molecule has 1 aliphatic carbocycles. The minimum Gasteiger partial charge on any atom is -0.393 e. The van der Waals surface area contributed by atoms with Gasteiger partial charge in [-0.25, -0.2) is 17.2 Å². The zero-order chi connectivity index (χ0) is 29.1. The van der Waals surface area contributed by atoms with Crippen LogP contribution in [0.1, 0.15) is 62.0 Å². The van der Waals surface area contributed by atoms with E-state index in [1.54, 1.807) is 22.5 Å². The second-order valence-corrected chi connectivity index (χ2v) is 13.8. The third-order valence-corrected chi connectivity index (χ3v) is 11.0. The number of nitrogens with two attached hydrogens (primary N) is 1. The number of fused-ring (bicyclic) bond motifs is 2. The van der Waals surface area contributed by atoms with Gasteiger partial charge >= 0.3 is 0 Å². The highest BCUT2D eigenvalue weighted by Gasteiger charge is 2.38. The predicted molar refractivity (Wildman–Crippen MR) is 154 cm³/mol. The number of aliphatic hydroxyl groups excluding tert-OH is 1. The fraction of sp³-hybridized carbons (Fsp3) is 0.567. The molecule has 224 valence electrons. The Kier molecular flexibility index (Phi) is 9.40. The van der Waals surface area contributed by atoms with E-state index in [1.165, 1.54) is 24.3 Å². The van der Waals surface area contributed by atoms with Crippen molar-refractivity contribution in [1.82, 2.24) is 9.62 Å². The van der Waals surface area contributed by atoms with Gasteiger partial charge in [0.2, 0.25) is 15.9 Å². The number of nitrogens with zero attached hydrogens (tertiary/aromatic N) is 1. The molecule has 2 aromatic carbocycles. The lowest BCUT2D eigenvalue weighted by Gasteiger charge is -2.37. The monoisotopic (exact) mass is 590 g/mol. The van der Waals surface area contributed by atoms with Gasteiger partial charge in [-0.15, -0.1) is 0 Å². The van der Waals surface area contributed by atoms with Crippen LogP contribution < -0.4 is 16.4 Å². The topological polar surface area (TPSA) is 125 Å². The Bertz CT molecular complexity index is 1320. The first kappa shape index (κ1) is 30.0. The number of hydrogen-bond donors (Lipinski definition) is 4. The number of nitrogens with one attached hydrogen (secondary N) is 2. The second-order valence-electron chi connectivity index (χ2n) is 11.8. The van der Waals surface area contributed by atoms with Crippen LogP contribution in [0.25, 0.3) is 0 Å². The fourth-order valence-corrected chi connectivity index (χ4v) is 8.59. The normalized spacial score (nSPS) is 29.2. The van der Waals surface area contributed by atoms with Crippen LogP contribution in [0.2, 0.25) is 0 Å². The van der Waals surface area contributed by atoms with Crippen LogP contribution in [0, 0.1) is 17.6 Å². The smallest absolute Gasteiger partial charge is 0.241 e. The molecule has 2 heterocycles. The van der Waals surface area contributed by atoms with Gasteiger partial charge in [-0.1, -0.05) is 18.2 Å². The van der Waals surface area contributed by atoms with E-state index in [-0.39, 0.29) is 42.1 Å². The molecule has 0 spiro atoms. The lowest BCUT2D eigenvalue weighted by molar-refractivity contribution is -0.118. The molecular weight excluding hydrogens is 550 g/mol. The number of piperazine rings is 1. The highest BCUT2D eigenvalue weighted by Crippen LogP contribution is 2.38. The van der Waals surface area contributed by atoms with Gasteiger partial charge in [0.25, 0.3) is 0 Å². The first-order valence-electron chi connectivity index (χ1n) is 14.6. The van der Waals surface area contributed by atoms with Crippen molar-refractivity contribution in [3.63, 3.8) is 0 Å². The quantitative estimate of drug-likeness (QED) is 0.374. The van der Waals surface area contributed by atoms with Crippen LogP contribution in [-0.2, 0) is 21.2 Å². The summed E-state index contributed by atoms with van der Waals surface area (Å²) in [6, 6.07) is 9.31. The Morgan fingerprint density at radius 1 is 1.10 bits per heavy atom. The molecule has 2 bridgehead atoms. The number of carbonyl (C=O) groups is 1. The second kappa shape index (κ2) is 12.8. The van der Waals surface area contributed by atoms with E-state index >= 15 is 4.39 Å². The Hall–Kier alpha value is -2.44. The van der Waals surface area contributed by atoms with Crippen molar-refractivity contribution in [2.45, 2.75) is 81.5 Å². The molecule has 3 aliphatic rings. The summed E-state index contributed by atoms with van der Waals surface area (Å²) < 4.78 is 56.1. The number of hydrogen-bond acceptors (Lipinski definition) is 6. The number of amides is 1. The predicted octanol–water partition coefficient (Wildman–Crippen LogP) is 3.26. The van der Waals surface area contributed by atoms with Crippen LogP contribution in [0.3, 0.4) is 0 Å². The summed E-state index contributed by atoms with van der Waals surface area (Å²) in [5.41, 5.74) is 7.94. The molecule has 3 fully saturated rings. The van der Waals surface area contributed by atoms with Crippen molar-refractivity contribution >= 4 is 21.6 Å². The third-order valence-electron chi connectivity index (χ3n) is 9.06. The molecule has 5 N–H and O–H groups in total. The minimum absolute atomic E-state index is 0.0230. The Morgan fingerprint density at radius 2 is 1.83 bits per heavy atom. The van der Waals surface area contributed by atoms with Gasteiger partial charge in [0.15, 0.2) is 0 Å². The van der Waals surface area contributed by atoms with E-state index in [0.29, 0.717) is 62.9 Å². The Morgan fingerprint density at radius 3 is 2.56 bits per heavy atom. The molecule has 0 radical (unpaired) electrons.